The fraction of sp³-hybridized carbons (Fsp3) is 0.792. The van der Waals surface area contributed by atoms with Crippen molar-refractivity contribution in [2.75, 3.05) is 13.2 Å². The van der Waals surface area contributed by atoms with Gasteiger partial charge in [-0.25, -0.2) is 0 Å². The largest absolute Gasteiger partial charge is 0.368 e. The van der Waals surface area contributed by atoms with Crippen LogP contribution in [0.5, 0.6) is 0 Å². The number of carbonyl (C=O) groups excluding carboxylic acids is 5. The van der Waals surface area contributed by atoms with E-state index >= 15 is 0 Å². The molecule has 2 saturated heterocycles. The Bertz CT molecular complexity index is 786. The van der Waals surface area contributed by atoms with Gasteiger partial charge in [-0.15, -0.1) is 0 Å². The van der Waals surface area contributed by atoms with Gasteiger partial charge in [-0.3, -0.25) is 24.0 Å². The third kappa shape index (κ3) is 6.34. The molecule has 3 atom stereocenters. The Kier molecular flexibility index (Phi) is 9.04. The molecule has 3 fully saturated rings. The molecule has 0 aromatic heterocycles. The zero-order valence-electron chi connectivity index (χ0n) is 20.2. The predicted octanol–water partition coefficient (Wildman–Crippen LogP) is 0.479. The summed E-state index contributed by atoms with van der Waals surface area (Å²) in [5.41, 5.74) is -1.13. The number of amides is 4. The molecule has 1 unspecified atom stereocenters. The summed E-state index contributed by atoms with van der Waals surface area (Å²) < 4.78 is 5.48. The van der Waals surface area contributed by atoms with E-state index in [0.29, 0.717) is 38.8 Å². The van der Waals surface area contributed by atoms with Crippen LogP contribution in [0.25, 0.3) is 0 Å². The van der Waals surface area contributed by atoms with Crippen LogP contribution < -0.4 is 21.3 Å². The van der Waals surface area contributed by atoms with Gasteiger partial charge < -0.3 is 26.0 Å². The molecule has 2 aliphatic heterocycles. The van der Waals surface area contributed by atoms with Gasteiger partial charge >= 0.3 is 0 Å². The van der Waals surface area contributed by atoms with Crippen molar-refractivity contribution in [3.8, 4) is 0 Å². The minimum atomic E-state index is -1.13. The van der Waals surface area contributed by atoms with E-state index in [-0.39, 0.29) is 17.7 Å². The van der Waals surface area contributed by atoms with Crippen LogP contribution >= 0.6 is 0 Å². The molecule has 10 nitrogen and oxygen atoms in total. The maximum Gasteiger partial charge on any atom is 0.290 e. The number of hydrogen-bond acceptors (Lipinski definition) is 6. The first kappa shape index (κ1) is 26.1. The SMILES string of the molecule is CC(C)[C@H](NC(=O)C1(NC(=O)C2CCCO2)CCCCC1)C(=O)C(=O)N[C@H]1CCCCNC1=O. The highest BCUT2D eigenvalue weighted by Gasteiger charge is 2.44. The topological polar surface area (TPSA) is 143 Å². The van der Waals surface area contributed by atoms with E-state index < -0.39 is 41.3 Å². The minimum absolute atomic E-state index is 0.304. The van der Waals surface area contributed by atoms with Crippen LogP contribution in [-0.4, -0.2) is 66.3 Å². The molecule has 0 bridgehead atoms. The van der Waals surface area contributed by atoms with E-state index in [1.807, 2.05) is 0 Å². The molecule has 0 spiro atoms. The van der Waals surface area contributed by atoms with Gasteiger partial charge in [-0.2, -0.15) is 0 Å². The molecule has 1 aliphatic carbocycles. The van der Waals surface area contributed by atoms with E-state index in [1.165, 1.54) is 0 Å². The molecule has 1 saturated carbocycles. The third-order valence-electron chi connectivity index (χ3n) is 7.03. The normalized spacial score (nSPS) is 25.6. The van der Waals surface area contributed by atoms with E-state index in [1.54, 1.807) is 13.8 Å². The molecule has 4 amide bonds. The van der Waals surface area contributed by atoms with Gasteiger partial charge in [0.05, 0.1) is 6.04 Å². The highest BCUT2D eigenvalue weighted by atomic mass is 16.5. The van der Waals surface area contributed by atoms with Crippen molar-refractivity contribution in [3.05, 3.63) is 0 Å². The second-order valence-electron chi connectivity index (χ2n) is 10.0. The van der Waals surface area contributed by atoms with Gasteiger partial charge in [-0.05, 0) is 50.9 Å². The van der Waals surface area contributed by atoms with Gasteiger partial charge in [0.2, 0.25) is 23.5 Å². The summed E-state index contributed by atoms with van der Waals surface area (Å²) >= 11 is 0. The van der Waals surface area contributed by atoms with Crippen molar-refractivity contribution in [2.45, 2.75) is 102 Å². The van der Waals surface area contributed by atoms with Crippen LogP contribution in [0, 0.1) is 5.92 Å². The first-order valence-electron chi connectivity index (χ1n) is 12.6. The van der Waals surface area contributed by atoms with Crippen LogP contribution in [0.4, 0.5) is 0 Å². The number of ether oxygens (including phenoxy) is 1. The maximum absolute atomic E-state index is 13.5. The van der Waals surface area contributed by atoms with E-state index in [4.69, 9.17) is 4.74 Å². The Morgan fingerprint density at radius 2 is 1.74 bits per heavy atom. The molecule has 2 heterocycles. The minimum Gasteiger partial charge on any atom is -0.368 e. The van der Waals surface area contributed by atoms with E-state index in [0.717, 1.165) is 38.5 Å². The Hall–Kier alpha value is -2.49. The fourth-order valence-electron chi connectivity index (χ4n) is 4.93. The number of rotatable bonds is 8. The molecule has 4 N–H and O–H groups in total. The molecule has 0 aromatic rings. The summed E-state index contributed by atoms with van der Waals surface area (Å²) in [6.07, 6.45) is 6.33. The second-order valence-corrected chi connectivity index (χ2v) is 10.0. The maximum atomic E-state index is 13.5. The van der Waals surface area contributed by atoms with Gasteiger partial charge in [0, 0.05) is 13.2 Å². The molecule has 3 aliphatic rings. The van der Waals surface area contributed by atoms with Crippen LogP contribution in [0.1, 0.15) is 78.1 Å². The van der Waals surface area contributed by atoms with Crippen molar-refractivity contribution in [1.82, 2.24) is 21.3 Å². The highest BCUT2D eigenvalue weighted by Crippen LogP contribution is 2.30. The Morgan fingerprint density at radius 3 is 2.38 bits per heavy atom. The number of nitrogens with one attached hydrogen (secondary N) is 4. The Labute approximate surface area is 200 Å². The molecule has 190 valence electrons. The Morgan fingerprint density at radius 1 is 1.00 bits per heavy atom. The summed E-state index contributed by atoms with van der Waals surface area (Å²) in [5, 5.41) is 10.9. The molecule has 34 heavy (non-hydrogen) atoms. The summed E-state index contributed by atoms with van der Waals surface area (Å²) in [7, 11) is 0. The summed E-state index contributed by atoms with van der Waals surface area (Å²) in [6, 6.07) is -1.84. The smallest absolute Gasteiger partial charge is 0.290 e. The fourth-order valence-corrected chi connectivity index (χ4v) is 4.93. The van der Waals surface area contributed by atoms with Gasteiger partial charge in [0.1, 0.15) is 17.7 Å². The van der Waals surface area contributed by atoms with Gasteiger partial charge in [0.15, 0.2) is 0 Å². The summed E-state index contributed by atoms with van der Waals surface area (Å²) in [4.78, 5) is 64.2. The van der Waals surface area contributed by atoms with E-state index in [9.17, 15) is 24.0 Å². The zero-order valence-corrected chi connectivity index (χ0v) is 20.2. The first-order valence-corrected chi connectivity index (χ1v) is 12.6. The van der Waals surface area contributed by atoms with Crippen LogP contribution in [0.15, 0.2) is 0 Å². The van der Waals surface area contributed by atoms with Crippen molar-refractivity contribution in [1.29, 1.82) is 0 Å². The Balaban J connectivity index is 1.69. The number of hydrogen-bond donors (Lipinski definition) is 4. The van der Waals surface area contributed by atoms with Crippen molar-refractivity contribution in [2.24, 2.45) is 5.92 Å². The molecule has 0 radical (unpaired) electrons. The molecule has 0 aromatic carbocycles. The monoisotopic (exact) mass is 478 g/mol. The average Bonchev–Trinajstić information content (AvgIpc) is 3.29. The van der Waals surface area contributed by atoms with Crippen molar-refractivity contribution < 1.29 is 28.7 Å². The van der Waals surface area contributed by atoms with Crippen LogP contribution in [0.2, 0.25) is 0 Å². The lowest BCUT2D eigenvalue weighted by atomic mass is 9.80. The lowest BCUT2D eigenvalue weighted by Gasteiger charge is -2.38. The summed E-state index contributed by atoms with van der Waals surface area (Å²) in [5.74, 6) is -3.11. The van der Waals surface area contributed by atoms with Crippen LogP contribution in [-0.2, 0) is 28.7 Å². The van der Waals surface area contributed by atoms with Gasteiger partial charge in [-0.1, -0.05) is 33.1 Å². The second kappa shape index (κ2) is 11.8. The zero-order chi connectivity index (χ0) is 24.7. The van der Waals surface area contributed by atoms with Crippen molar-refractivity contribution in [3.63, 3.8) is 0 Å². The standard InChI is InChI=1S/C24H38N4O6/c1-15(2)18(19(29)22(32)26-16-9-4-7-13-25-20(16)30)27-23(33)24(11-5-3-6-12-24)28-21(31)17-10-8-14-34-17/h15-18H,3-14H2,1-2H3,(H,25,30)(H,26,32)(H,27,33)(H,28,31)/t16-,17?,18-/m0/s1. The number of ketones is 1. The third-order valence-corrected chi connectivity index (χ3v) is 7.03. The van der Waals surface area contributed by atoms with E-state index in [2.05, 4.69) is 21.3 Å². The molecular formula is C24H38N4O6. The predicted molar refractivity (Wildman–Crippen MR) is 123 cm³/mol. The molecular weight excluding hydrogens is 440 g/mol. The lowest BCUT2D eigenvalue weighted by molar-refractivity contribution is -0.144. The van der Waals surface area contributed by atoms with Crippen molar-refractivity contribution >= 4 is 29.4 Å². The molecule has 3 rings (SSSR count). The summed E-state index contributed by atoms with van der Waals surface area (Å²) in [6.45, 7) is 4.55. The average molecular weight is 479 g/mol. The lowest BCUT2D eigenvalue weighted by Crippen LogP contribution is -2.64. The quantitative estimate of drug-likeness (QED) is 0.374. The van der Waals surface area contributed by atoms with Crippen LogP contribution in [0.3, 0.4) is 0 Å². The highest BCUT2D eigenvalue weighted by molar-refractivity contribution is 6.39. The first-order chi connectivity index (χ1) is 16.2. The number of Topliss-reactive ketones (excluding diaryl/α,β-unsaturated/α-hetero) is 1. The number of carbonyl (C=O) groups is 5. The van der Waals surface area contributed by atoms with Gasteiger partial charge in [0.25, 0.3) is 5.91 Å². The molecule has 10 heteroatoms.